The minimum Gasteiger partial charge on any atom is -0.470 e. The van der Waals surface area contributed by atoms with E-state index in [-0.39, 0.29) is 12.0 Å². The zero-order chi connectivity index (χ0) is 21.5. The van der Waals surface area contributed by atoms with Crippen molar-refractivity contribution in [3.63, 3.8) is 0 Å². The third-order valence-electron chi connectivity index (χ3n) is 5.16. The summed E-state index contributed by atoms with van der Waals surface area (Å²) in [6.07, 6.45) is 3.18. The second-order valence-corrected chi connectivity index (χ2v) is 7.36. The Hall–Kier alpha value is -3.45. The second-order valence-electron chi connectivity index (χ2n) is 7.36. The lowest BCUT2D eigenvalue weighted by Gasteiger charge is -2.28. The number of hydrogen-bond donors (Lipinski definition) is 1. The molecule has 0 saturated carbocycles. The number of rotatable bonds is 7. The number of hydrogen-bond acceptors (Lipinski definition) is 6. The lowest BCUT2D eigenvalue weighted by molar-refractivity contribution is 0.0950. The van der Waals surface area contributed by atoms with Crippen molar-refractivity contribution in [1.29, 1.82) is 0 Å². The fourth-order valence-electron chi connectivity index (χ4n) is 3.38. The summed E-state index contributed by atoms with van der Waals surface area (Å²) in [4.78, 5) is 23.4. The van der Waals surface area contributed by atoms with E-state index in [0.717, 1.165) is 30.0 Å². The molecule has 0 bridgehead atoms. The molecule has 160 valence electrons. The number of aromatic nitrogens is 2. The molecule has 1 aliphatic rings. The minimum atomic E-state index is -0.181. The van der Waals surface area contributed by atoms with E-state index in [2.05, 4.69) is 20.2 Å². The summed E-state index contributed by atoms with van der Waals surface area (Å²) in [6.45, 7) is 5.45. The highest BCUT2D eigenvalue weighted by Crippen LogP contribution is 2.20. The standard InChI is InChI=1S/C24H26N4O3/c1-18(20-5-3-2-4-6-20)31-23-8-7-21(17-26-23)24(29)27-16-19-9-10-25-22(15-19)28-11-13-30-14-12-28/h2-10,15,17-18H,11-14,16H2,1H3,(H,27,29). The zero-order valence-corrected chi connectivity index (χ0v) is 17.5. The fraction of sp³-hybridized carbons (Fsp3) is 0.292. The Morgan fingerprint density at radius 1 is 1.13 bits per heavy atom. The molecule has 1 fully saturated rings. The molecule has 1 aliphatic heterocycles. The van der Waals surface area contributed by atoms with Crippen LogP contribution in [-0.2, 0) is 11.3 Å². The number of carbonyl (C=O) groups excluding carboxylic acids is 1. The summed E-state index contributed by atoms with van der Waals surface area (Å²) < 4.78 is 11.3. The van der Waals surface area contributed by atoms with Crippen LogP contribution >= 0.6 is 0 Å². The first-order chi connectivity index (χ1) is 15.2. The maximum absolute atomic E-state index is 12.5. The van der Waals surface area contributed by atoms with Gasteiger partial charge in [0.15, 0.2) is 0 Å². The monoisotopic (exact) mass is 418 g/mol. The first-order valence-electron chi connectivity index (χ1n) is 10.4. The van der Waals surface area contributed by atoms with Crippen LogP contribution in [0.4, 0.5) is 5.82 Å². The lowest BCUT2D eigenvalue weighted by Crippen LogP contribution is -2.36. The SMILES string of the molecule is CC(Oc1ccc(C(=O)NCc2ccnc(N3CCOCC3)c2)cn1)c1ccccc1. The molecule has 7 heteroatoms. The Balaban J connectivity index is 1.32. The molecule has 3 aromatic rings. The first kappa shape index (κ1) is 20.8. The molecule has 0 aliphatic carbocycles. The third-order valence-corrected chi connectivity index (χ3v) is 5.16. The van der Waals surface area contributed by atoms with Gasteiger partial charge < -0.3 is 19.7 Å². The van der Waals surface area contributed by atoms with E-state index < -0.39 is 0 Å². The number of pyridine rings is 2. The van der Waals surface area contributed by atoms with Gasteiger partial charge in [0, 0.05) is 38.1 Å². The minimum absolute atomic E-state index is 0.124. The fourth-order valence-corrected chi connectivity index (χ4v) is 3.38. The van der Waals surface area contributed by atoms with E-state index in [1.165, 1.54) is 6.20 Å². The van der Waals surface area contributed by atoms with Gasteiger partial charge in [-0.25, -0.2) is 9.97 Å². The van der Waals surface area contributed by atoms with E-state index in [1.807, 2.05) is 49.4 Å². The van der Waals surface area contributed by atoms with Crippen LogP contribution in [0, 0.1) is 0 Å². The summed E-state index contributed by atoms with van der Waals surface area (Å²) in [5.41, 5.74) is 2.55. The van der Waals surface area contributed by atoms with Gasteiger partial charge in [0.25, 0.3) is 5.91 Å². The molecule has 1 amide bonds. The van der Waals surface area contributed by atoms with Crippen molar-refractivity contribution in [2.45, 2.75) is 19.6 Å². The Kier molecular flexibility index (Phi) is 6.74. The average molecular weight is 418 g/mol. The van der Waals surface area contributed by atoms with E-state index >= 15 is 0 Å². The molecule has 1 aromatic carbocycles. The molecular formula is C24H26N4O3. The van der Waals surface area contributed by atoms with Crippen molar-refractivity contribution in [2.24, 2.45) is 0 Å². The second kappa shape index (κ2) is 10.0. The number of morpholine rings is 1. The van der Waals surface area contributed by atoms with Crippen LogP contribution in [0.3, 0.4) is 0 Å². The normalized spacial score (nSPS) is 14.7. The Morgan fingerprint density at radius 3 is 2.68 bits per heavy atom. The molecule has 31 heavy (non-hydrogen) atoms. The number of carbonyl (C=O) groups is 1. The molecule has 1 N–H and O–H groups in total. The maximum atomic E-state index is 12.5. The Morgan fingerprint density at radius 2 is 1.94 bits per heavy atom. The van der Waals surface area contributed by atoms with Crippen LogP contribution in [0.1, 0.15) is 34.5 Å². The van der Waals surface area contributed by atoms with E-state index in [4.69, 9.17) is 9.47 Å². The number of nitrogens with one attached hydrogen (secondary N) is 1. The van der Waals surface area contributed by atoms with Gasteiger partial charge in [-0.05, 0) is 36.2 Å². The smallest absolute Gasteiger partial charge is 0.253 e. The Bertz CT molecular complexity index is 989. The molecule has 4 rings (SSSR count). The van der Waals surface area contributed by atoms with Crippen LogP contribution < -0.4 is 15.0 Å². The molecule has 7 nitrogen and oxygen atoms in total. The van der Waals surface area contributed by atoms with E-state index in [9.17, 15) is 4.79 Å². The van der Waals surface area contributed by atoms with Gasteiger partial charge in [0.2, 0.25) is 5.88 Å². The van der Waals surface area contributed by atoms with Crippen LogP contribution in [0.15, 0.2) is 67.0 Å². The highest BCUT2D eigenvalue weighted by Gasteiger charge is 2.13. The lowest BCUT2D eigenvalue weighted by atomic mass is 10.1. The number of benzene rings is 1. The first-order valence-corrected chi connectivity index (χ1v) is 10.4. The molecule has 3 heterocycles. The van der Waals surface area contributed by atoms with Gasteiger partial charge in [0.1, 0.15) is 11.9 Å². The van der Waals surface area contributed by atoms with Crippen LogP contribution in [-0.4, -0.2) is 42.2 Å². The van der Waals surface area contributed by atoms with E-state index in [1.54, 1.807) is 18.3 Å². The largest absolute Gasteiger partial charge is 0.470 e. The molecule has 0 spiro atoms. The number of nitrogens with zero attached hydrogens (tertiary/aromatic N) is 3. The van der Waals surface area contributed by atoms with Gasteiger partial charge in [-0.1, -0.05) is 30.3 Å². The summed E-state index contributed by atoms with van der Waals surface area (Å²) in [5.74, 6) is 1.21. The molecule has 0 radical (unpaired) electrons. The Labute approximate surface area is 182 Å². The van der Waals surface area contributed by atoms with Gasteiger partial charge in [-0.15, -0.1) is 0 Å². The van der Waals surface area contributed by atoms with Gasteiger partial charge in [0.05, 0.1) is 18.8 Å². The average Bonchev–Trinajstić information content (AvgIpc) is 2.84. The van der Waals surface area contributed by atoms with Crippen molar-refractivity contribution in [3.8, 4) is 5.88 Å². The van der Waals surface area contributed by atoms with Crippen LogP contribution in [0.2, 0.25) is 0 Å². The van der Waals surface area contributed by atoms with Gasteiger partial charge in [-0.2, -0.15) is 0 Å². The van der Waals surface area contributed by atoms with Crippen LogP contribution in [0.25, 0.3) is 0 Å². The van der Waals surface area contributed by atoms with Crippen molar-refractivity contribution in [2.75, 3.05) is 31.2 Å². The number of ether oxygens (including phenoxy) is 2. The summed E-state index contributed by atoms with van der Waals surface area (Å²) >= 11 is 0. The molecule has 1 saturated heterocycles. The molecule has 2 aromatic heterocycles. The molecule has 1 unspecified atom stereocenters. The molecular weight excluding hydrogens is 392 g/mol. The summed E-state index contributed by atoms with van der Waals surface area (Å²) in [6, 6.07) is 17.3. The van der Waals surface area contributed by atoms with Gasteiger partial charge >= 0.3 is 0 Å². The number of amides is 1. The van der Waals surface area contributed by atoms with E-state index in [0.29, 0.717) is 31.2 Å². The van der Waals surface area contributed by atoms with Crippen LogP contribution in [0.5, 0.6) is 5.88 Å². The maximum Gasteiger partial charge on any atom is 0.253 e. The highest BCUT2D eigenvalue weighted by molar-refractivity contribution is 5.93. The summed E-state index contributed by atoms with van der Waals surface area (Å²) in [7, 11) is 0. The quantitative estimate of drug-likeness (QED) is 0.634. The van der Waals surface area contributed by atoms with Crippen molar-refractivity contribution >= 4 is 11.7 Å². The molecule has 1 atom stereocenters. The van der Waals surface area contributed by atoms with Crippen molar-refractivity contribution in [1.82, 2.24) is 15.3 Å². The number of anilines is 1. The van der Waals surface area contributed by atoms with Crippen molar-refractivity contribution in [3.05, 3.63) is 83.7 Å². The highest BCUT2D eigenvalue weighted by atomic mass is 16.5. The van der Waals surface area contributed by atoms with Gasteiger partial charge in [-0.3, -0.25) is 4.79 Å². The zero-order valence-electron chi connectivity index (χ0n) is 17.5. The summed E-state index contributed by atoms with van der Waals surface area (Å²) in [5, 5.41) is 2.94. The predicted octanol–water partition coefficient (Wildman–Crippen LogP) is 3.38. The third kappa shape index (κ3) is 5.58. The predicted molar refractivity (Wildman–Crippen MR) is 118 cm³/mol. The van der Waals surface area contributed by atoms with Crippen molar-refractivity contribution < 1.29 is 14.3 Å². The topological polar surface area (TPSA) is 76.6 Å².